The molecule has 10 heteroatoms. The number of nitrogens with zero attached hydrogens (tertiary/aromatic N) is 3. The number of halogens is 3. The molecule has 4 rings (SSSR count). The van der Waals surface area contributed by atoms with Crippen molar-refractivity contribution in [3.05, 3.63) is 29.8 Å². The van der Waals surface area contributed by atoms with Gasteiger partial charge in [-0.05, 0) is 62.8 Å². The fourth-order valence-corrected chi connectivity index (χ4v) is 5.28. The SMILES string of the molecule is COC(=O)C(CCN1CCC2(CC2)C(O)C1)N1CCN(c2cccc(C(F)(F)F)c2)C(C)C1=O. The fraction of sp³-hybridized carbons (Fsp3) is 0.667. The summed E-state index contributed by atoms with van der Waals surface area (Å²) in [6, 6.07) is 3.43. The van der Waals surface area contributed by atoms with E-state index in [1.54, 1.807) is 17.9 Å². The van der Waals surface area contributed by atoms with Gasteiger partial charge in [-0.15, -0.1) is 0 Å². The lowest BCUT2D eigenvalue weighted by Gasteiger charge is -2.43. The van der Waals surface area contributed by atoms with Gasteiger partial charge < -0.3 is 24.5 Å². The van der Waals surface area contributed by atoms with E-state index in [0.29, 0.717) is 31.7 Å². The summed E-state index contributed by atoms with van der Waals surface area (Å²) in [4.78, 5) is 31.1. The number of piperazine rings is 1. The minimum absolute atomic E-state index is 0.0867. The molecule has 1 spiro atoms. The number of hydrogen-bond donors (Lipinski definition) is 1. The van der Waals surface area contributed by atoms with Gasteiger partial charge in [0.05, 0.1) is 18.8 Å². The topological polar surface area (TPSA) is 73.3 Å². The second-order valence-corrected chi connectivity index (χ2v) is 9.71. The van der Waals surface area contributed by atoms with E-state index < -0.39 is 29.8 Å². The van der Waals surface area contributed by atoms with E-state index in [4.69, 9.17) is 4.74 Å². The molecule has 188 valence electrons. The third kappa shape index (κ3) is 4.88. The summed E-state index contributed by atoms with van der Waals surface area (Å²) in [6.45, 7) is 4.08. The molecule has 1 saturated carbocycles. The zero-order valence-corrected chi connectivity index (χ0v) is 19.6. The van der Waals surface area contributed by atoms with Crippen molar-refractivity contribution in [2.45, 2.75) is 57.0 Å². The number of anilines is 1. The van der Waals surface area contributed by atoms with Crippen LogP contribution in [0.25, 0.3) is 0 Å². The van der Waals surface area contributed by atoms with Gasteiger partial charge in [-0.25, -0.2) is 4.79 Å². The van der Waals surface area contributed by atoms with Gasteiger partial charge in [0.15, 0.2) is 0 Å². The number of rotatable bonds is 6. The Kier molecular flexibility index (Phi) is 6.83. The summed E-state index contributed by atoms with van der Waals surface area (Å²) in [5, 5.41) is 10.4. The molecular formula is C24H32F3N3O4. The Bertz CT molecular complexity index is 921. The van der Waals surface area contributed by atoms with Crippen LogP contribution in [-0.2, 0) is 20.5 Å². The van der Waals surface area contributed by atoms with E-state index >= 15 is 0 Å². The highest BCUT2D eigenvalue weighted by Crippen LogP contribution is 2.53. The molecule has 2 saturated heterocycles. The molecule has 0 aromatic heterocycles. The average Bonchev–Trinajstić information content (AvgIpc) is 3.59. The first-order chi connectivity index (χ1) is 16.1. The number of likely N-dealkylation sites (tertiary alicyclic amines) is 1. The molecule has 3 fully saturated rings. The molecule has 2 heterocycles. The highest BCUT2D eigenvalue weighted by Gasteiger charge is 2.51. The predicted molar refractivity (Wildman–Crippen MR) is 119 cm³/mol. The minimum atomic E-state index is -4.47. The molecule has 34 heavy (non-hydrogen) atoms. The Morgan fingerprint density at radius 1 is 1.24 bits per heavy atom. The monoisotopic (exact) mass is 483 g/mol. The second-order valence-electron chi connectivity index (χ2n) is 9.71. The van der Waals surface area contributed by atoms with Crippen LogP contribution in [0.15, 0.2) is 24.3 Å². The van der Waals surface area contributed by atoms with E-state index in [1.807, 2.05) is 0 Å². The van der Waals surface area contributed by atoms with Gasteiger partial charge in [0.1, 0.15) is 12.1 Å². The molecule has 3 unspecified atom stereocenters. The number of amides is 1. The van der Waals surface area contributed by atoms with Crippen molar-refractivity contribution < 1.29 is 32.6 Å². The lowest BCUT2D eigenvalue weighted by molar-refractivity contribution is -0.154. The fourth-order valence-electron chi connectivity index (χ4n) is 5.28. The zero-order chi connectivity index (χ0) is 24.7. The lowest BCUT2D eigenvalue weighted by Crippen LogP contribution is -2.61. The molecule has 1 aliphatic carbocycles. The number of alkyl halides is 3. The average molecular weight is 484 g/mol. The number of aliphatic hydroxyl groups is 1. The van der Waals surface area contributed by atoms with Crippen molar-refractivity contribution in [2.75, 3.05) is 44.7 Å². The summed E-state index contributed by atoms with van der Waals surface area (Å²) in [7, 11) is 1.28. The van der Waals surface area contributed by atoms with Crippen molar-refractivity contribution >= 4 is 17.6 Å². The van der Waals surface area contributed by atoms with E-state index in [1.165, 1.54) is 18.1 Å². The maximum atomic E-state index is 13.2. The molecule has 3 atom stereocenters. The molecule has 7 nitrogen and oxygen atoms in total. The quantitative estimate of drug-likeness (QED) is 0.627. The van der Waals surface area contributed by atoms with E-state index in [9.17, 15) is 27.9 Å². The van der Waals surface area contributed by atoms with Crippen LogP contribution >= 0.6 is 0 Å². The van der Waals surface area contributed by atoms with Crippen LogP contribution in [0.4, 0.5) is 18.9 Å². The standard InChI is InChI=1S/C24H32F3N3O4/c1-16-21(32)30(13-12-29(16)18-5-3-4-17(14-18)24(25,26)27)19(22(33)34-2)6-10-28-11-9-23(7-8-23)20(31)15-28/h3-5,14,16,19-20,31H,6-13,15H2,1-2H3. The third-order valence-electron chi connectivity index (χ3n) is 7.72. The molecule has 1 N–H and O–H groups in total. The van der Waals surface area contributed by atoms with Gasteiger partial charge in [-0.3, -0.25) is 4.79 Å². The molecule has 2 aliphatic heterocycles. The highest BCUT2D eigenvalue weighted by molar-refractivity contribution is 5.90. The van der Waals surface area contributed by atoms with Crippen molar-refractivity contribution in [3.63, 3.8) is 0 Å². The van der Waals surface area contributed by atoms with Crippen LogP contribution in [0, 0.1) is 5.41 Å². The number of esters is 1. The molecular weight excluding hydrogens is 451 g/mol. The molecule has 0 radical (unpaired) electrons. The van der Waals surface area contributed by atoms with Gasteiger partial charge in [0, 0.05) is 31.9 Å². The van der Waals surface area contributed by atoms with Crippen molar-refractivity contribution in [2.24, 2.45) is 5.41 Å². The van der Waals surface area contributed by atoms with E-state index in [-0.39, 0.29) is 24.0 Å². The Labute approximate surface area is 197 Å². The van der Waals surface area contributed by atoms with Crippen LogP contribution in [-0.4, -0.2) is 84.8 Å². The maximum Gasteiger partial charge on any atom is 0.416 e. The predicted octanol–water partition coefficient (Wildman–Crippen LogP) is 2.52. The highest BCUT2D eigenvalue weighted by atomic mass is 19.4. The Morgan fingerprint density at radius 3 is 2.59 bits per heavy atom. The summed E-state index contributed by atoms with van der Waals surface area (Å²) < 4.78 is 44.4. The Balaban J connectivity index is 1.42. The normalized spacial score (nSPS) is 26.0. The molecule has 1 aromatic rings. The van der Waals surface area contributed by atoms with Crippen LogP contribution in [0.2, 0.25) is 0 Å². The molecule has 1 amide bonds. The van der Waals surface area contributed by atoms with Gasteiger partial charge in [0.25, 0.3) is 0 Å². The van der Waals surface area contributed by atoms with Crippen LogP contribution in [0.1, 0.15) is 38.2 Å². The summed E-state index contributed by atoms with van der Waals surface area (Å²) in [5.41, 5.74) is -0.360. The van der Waals surface area contributed by atoms with Crippen LogP contribution in [0.3, 0.4) is 0 Å². The van der Waals surface area contributed by atoms with E-state index in [2.05, 4.69) is 4.90 Å². The first kappa shape index (κ1) is 24.8. The number of carbonyl (C=O) groups is 2. The van der Waals surface area contributed by atoms with Gasteiger partial charge in [0.2, 0.25) is 5.91 Å². The summed E-state index contributed by atoms with van der Waals surface area (Å²) >= 11 is 0. The first-order valence-corrected chi connectivity index (χ1v) is 11.8. The third-order valence-corrected chi connectivity index (χ3v) is 7.72. The number of ether oxygens (including phenoxy) is 1. The minimum Gasteiger partial charge on any atom is -0.467 e. The maximum absolute atomic E-state index is 13.2. The van der Waals surface area contributed by atoms with Crippen molar-refractivity contribution in [1.82, 2.24) is 9.80 Å². The van der Waals surface area contributed by atoms with Crippen LogP contribution < -0.4 is 4.90 Å². The number of aliphatic hydroxyl groups excluding tert-OH is 1. The first-order valence-electron chi connectivity index (χ1n) is 11.8. The number of hydrogen-bond acceptors (Lipinski definition) is 6. The molecule has 0 bridgehead atoms. The smallest absolute Gasteiger partial charge is 0.416 e. The number of piperidine rings is 1. The van der Waals surface area contributed by atoms with Crippen molar-refractivity contribution in [3.8, 4) is 0 Å². The Morgan fingerprint density at radius 2 is 1.97 bits per heavy atom. The number of β-amino-alcohol motifs (C(OH)–C–C–N with tert-alkyl or cyclic N) is 1. The van der Waals surface area contributed by atoms with Crippen molar-refractivity contribution in [1.29, 1.82) is 0 Å². The zero-order valence-electron chi connectivity index (χ0n) is 19.6. The largest absolute Gasteiger partial charge is 0.467 e. The number of carbonyl (C=O) groups excluding carboxylic acids is 2. The summed E-state index contributed by atoms with van der Waals surface area (Å²) in [6.07, 6.45) is -1.40. The number of methoxy groups -OCH3 is 1. The van der Waals surface area contributed by atoms with Gasteiger partial charge in [-0.2, -0.15) is 13.2 Å². The van der Waals surface area contributed by atoms with Gasteiger partial charge >= 0.3 is 12.1 Å². The summed E-state index contributed by atoms with van der Waals surface area (Å²) in [5.74, 6) is -0.834. The number of benzene rings is 1. The molecule has 1 aromatic carbocycles. The lowest BCUT2D eigenvalue weighted by atomic mass is 9.90. The second kappa shape index (κ2) is 9.37. The molecule has 3 aliphatic rings. The Hall–Kier alpha value is -2.33. The van der Waals surface area contributed by atoms with E-state index in [0.717, 1.165) is 37.9 Å². The van der Waals surface area contributed by atoms with Gasteiger partial charge in [-0.1, -0.05) is 6.07 Å². The van der Waals surface area contributed by atoms with Crippen LogP contribution in [0.5, 0.6) is 0 Å².